The van der Waals surface area contributed by atoms with E-state index < -0.39 is 24.6 Å². The van der Waals surface area contributed by atoms with Crippen LogP contribution in [0.25, 0.3) is 11.1 Å². The lowest BCUT2D eigenvalue weighted by atomic mass is 9.98. The fraction of sp³-hybridized carbons (Fsp3) is 0.400. The second-order valence-electron chi connectivity index (χ2n) is 8.67. The maximum absolute atomic E-state index is 12.6. The Bertz CT molecular complexity index is 990. The van der Waals surface area contributed by atoms with Gasteiger partial charge >= 0.3 is 12.1 Å². The van der Waals surface area contributed by atoms with Crippen molar-refractivity contribution in [2.45, 2.75) is 43.7 Å². The average Bonchev–Trinajstić information content (AvgIpc) is 3.59. The van der Waals surface area contributed by atoms with Gasteiger partial charge in [-0.25, -0.2) is 4.79 Å². The molecule has 0 aliphatic heterocycles. The predicted molar refractivity (Wildman–Crippen MR) is 121 cm³/mol. The summed E-state index contributed by atoms with van der Waals surface area (Å²) < 4.78 is 5.58. The summed E-state index contributed by atoms with van der Waals surface area (Å²) in [6.07, 6.45) is -0.265. The zero-order valence-corrected chi connectivity index (χ0v) is 18.2. The second kappa shape index (κ2) is 10.0. The molecule has 8 heteroatoms. The average molecular weight is 453 g/mol. The van der Waals surface area contributed by atoms with Gasteiger partial charge in [0.2, 0.25) is 5.91 Å². The Morgan fingerprint density at radius 1 is 0.970 bits per heavy atom. The highest BCUT2D eigenvalue weighted by molar-refractivity contribution is 5.79. The Labute approximate surface area is 192 Å². The summed E-state index contributed by atoms with van der Waals surface area (Å²) in [5.74, 6) is -1.32. The van der Waals surface area contributed by atoms with E-state index in [1.807, 2.05) is 24.3 Å². The lowest BCUT2D eigenvalue weighted by Gasteiger charge is -2.20. The Kier molecular flexibility index (Phi) is 6.93. The third kappa shape index (κ3) is 5.70. The molecule has 0 aromatic heterocycles. The standard InChI is InChI=1S/C25H28N2O6/c28-16(11-24(30)31)13-26-23(29)12-22(15-9-10-15)27-25(32)33-14-21-19-7-3-1-5-17(19)18-6-2-4-8-20(18)21/h1-8,15-16,21-22,28H,9-14H2,(H,26,29)(H,27,32)(H,30,31). The molecule has 2 aromatic carbocycles. The first-order valence-corrected chi connectivity index (χ1v) is 11.2. The first-order valence-electron chi connectivity index (χ1n) is 11.2. The molecule has 2 aliphatic carbocycles. The number of rotatable bonds is 10. The molecule has 0 heterocycles. The number of nitrogens with one attached hydrogen (secondary N) is 2. The molecule has 1 saturated carbocycles. The highest BCUT2D eigenvalue weighted by Crippen LogP contribution is 2.44. The number of carboxylic acids is 1. The number of carbonyl (C=O) groups excluding carboxylic acids is 2. The number of carbonyl (C=O) groups is 3. The van der Waals surface area contributed by atoms with Crippen LogP contribution in [0.1, 0.15) is 42.7 Å². The first kappa shape index (κ1) is 22.8. The van der Waals surface area contributed by atoms with Gasteiger partial charge in [-0.05, 0) is 41.0 Å². The maximum atomic E-state index is 12.6. The molecule has 174 valence electrons. The molecule has 1 fully saturated rings. The number of alkyl carbamates (subject to hydrolysis) is 1. The van der Waals surface area contributed by atoms with E-state index in [1.54, 1.807) is 0 Å². The van der Waals surface area contributed by atoms with Crippen LogP contribution in [0.3, 0.4) is 0 Å². The topological polar surface area (TPSA) is 125 Å². The summed E-state index contributed by atoms with van der Waals surface area (Å²) in [6, 6.07) is 15.8. The van der Waals surface area contributed by atoms with Crippen LogP contribution in [0.15, 0.2) is 48.5 Å². The number of carboxylic acid groups (broad SMARTS) is 1. The highest BCUT2D eigenvalue weighted by atomic mass is 16.5. The number of fused-ring (bicyclic) bond motifs is 3. The molecular formula is C25H28N2O6. The zero-order chi connectivity index (χ0) is 23.4. The minimum atomic E-state index is -1.15. The molecule has 0 radical (unpaired) electrons. The predicted octanol–water partition coefficient (Wildman–Crippen LogP) is 2.65. The van der Waals surface area contributed by atoms with Gasteiger partial charge in [0.1, 0.15) is 6.61 Å². The van der Waals surface area contributed by atoms with Gasteiger partial charge in [0.05, 0.1) is 12.5 Å². The van der Waals surface area contributed by atoms with E-state index in [1.165, 1.54) is 0 Å². The Balaban J connectivity index is 1.30. The quantitative estimate of drug-likeness (QED) is 0.439. The summed E-state index contributed by atoms with van der Waals surface area (Å²) in [5, 5.41) is 23.6. The van der Waals surface area contributed by atoms with Gasteiger partial charge in [-0.2, -0.15) is 0 Å². The van der Waals surface area contributed by atoms with Crippen LogP contribution in [-0.2, 0) is 14.3 Å². The van der Waals surface area contributed by atoms with Gasteiger partial charge in [0.25, 0.3) is 0 Å². The Hall–Kier alpha value is -3.39. The second-order valence-corrected chi connectivity index (χ2v) is 8.67. The van der Waals surface area contributed by atoms with Crippen LogP contribution in [0, 0.1) is 5.92 Å². The molecule has 0 saturated heterocycles. The zero-order valence-electron chi connectivity index (χ0n) is 18.2. The van der Waals surface area contributed by atoms with Gasteiger partial charge in [-0.1, -0.05) is 48.5 Å². The van der Waals surface area contributed by atoms with Gasteiger partial charge in [-0.15, -0.1) is 0 Å². The van der Waals surface area contributed by atoms with Gasteiger partial charge in [0, 0.05) is 24.9 Å². The molecule has 2 amide bonds. The first-order chi connectivity index (χ1) is 15.9. The molecule has 0 spiro atoms. The van der Waals surface area contributed by atoms with E-state index >= 15 is 0 Å². The van der Waals surface area contributed by atoms with Crippen molar-refractivity contribution in [1.29, 1.82) is 0 Å². The van der Waals surface area contributed by atoms with E-state index in [4.69, 9.17) is 9.84 Å². The smallest absolute Gasteiger partial charge is 0.407 e. The summed E-state index contributed by atoms with van der Waals surface area (Å²) in [4.78, 5) is 35.4. The molecule has 2 atom stereocenters. The Morgan fingerprint density at radius 3 is 2.15 bits per heavy atom. The van der Waals surface area contributed by atoms with Crippen molar-refractivity contribution >= 4 is 18.0 Å². The Morgan fingerprint density at radius 2 is 1.58 bits per heavy atom. The van der Waals surface area contributed by atoms with Crippen molar-refractivity contribution in [2.24, 2.45) is 5.92 Å². The minimum Gasteiger partial charge on any atom is -0.481 e. The third-order valence-electron chi connectivity index (χ3n) is 6.19. The van der Waals surface area contributed by atoms with Crippen LogP contribution in [0.5, 0.6) is 0 Å². The van der Waals surface area contributed by atoms with E-state index in [9.17, 15) is 19.5 Å². The molecule has 33 heavy (non-hydrogen) atoms. The van der Waals surface area contributed by atoms with Crippen LogP contribution < -0.4 is 10.6 Å². The largest absolute Gasteiger partial charge is 0.481 e. The van der Waals surface area contributed by atoms with E-state index in [0.29, 0.717) is 0 Å². The molecule has 2 aromatic rings. The van der Waals surface area contributed by atoms with Crippen molar-refractivity contribution in [3.05, 3.63) is 59.7 Å². The molecule has 8 nitrogen and oxygen atoms in total. The van der Waals surface area contributed by atoms with Gasteiger partial charge in [-0.3, -0.25) is 9.59 Å². The number of aliphatic hydroxyl groups excluding tert-OH is 1. The summed E-state index contributed by atoms with van der Waals surface area (Å²) in [6.45, 7) is 0.0539. The number of hydrogen-bond acceptors (Lipinski definition) is 5. The molecular weight excluding hydrogens is 424 g/mol. The van der Waals surface area contributed by atoms with Crippen LogP contribution in [-0.4, -0.2) is 53.5 Å². The van der Waals surface area contributed by atoms with Crippen molar-refractivity contribution < 1.29 is 29.3 Å². The van der Waals surface area contributed by atoms with Crippen molar-refractivity contribution in [1.82, 2.24) is 10.6 Å². The number of aliphatic carboxylic acids is 1. The van der Waals surface area contributed by atoms with E-state index in [-0.39, 0.29) is 43.4 Å². The number of aliphatic hydroxyl groups is 1. The number of benzene rings is 2. The van der Waals surface area contributed by atoms with Crippen molar-refractivity contribution in [2.75, 3.05) is 13.2 Å². The summed E-state index contributed by atoms with van der Waals surface area (Å²) in [7, 11) is 0. The lowest BCUT2D eigenvalue weighted by Crippen LogP contribution is -2.42. The SMILES string of the molecule is O=C(O)CC(O)CNC(=O)CC(NC(=O)OCC1c2ccccc2-c2ccccc21)C1CC1. The monoisotopic (exact) mass is 452 g/mol. The van der Waals surface area contributed by atoms with Crippen LogP contribution >= 0.6 is 0 Å². The van der Waals surface area contributed by atoms with Crippen molar-refractivity contribution in [3.8, 4) is 11.1 Å². The summed E-state index contributed by atoms with van der Waals surface area (Å²) >= 11 is 0. The fourth-order valence-electron chi connectivity index (χ4n) is 4.40. The van der Waals surface area contributed by atoms with Crippen LogP contribution in [0.2, 0.25) is 0 Å². The molecule has 2 aliphatic rings. The fourth-order valence-corrected chi connectivity index (χ4v) is 4.40. The normalized spacial score (nSPS) is 16.3. The number of ether oxygens (including phenoxy) is 1. The van der Waals surface area contributed by atoms with Gasteiger partial charge in [0.15, 0.2) is 0 Å². The molecule has 4 N–H and O–H groups in total. The van der Waals surface area contributed by atoms with E-state index in [0.717, 1.165) is 35.1 Å². The van der Waals surface area contributed by atoms with Crippen molar-refractivity contribution in [3.63, 3.8) is 0 Å². The molecule has 4 rings (SSSR count). The lowest BCUT2D eigenvalue weighted by molar-refractivity contribution is -0.139. The minimum absolute atomic E-state index is 0.0402. The molecule has 0 bridgehead atoms. The highest BCUT2D eigenvalue weighted by Gasteiger charge is 2.35. The number of hydrogen-bond donors (Lipinski definition) is 4. The third-order valence-corrected chi connectivity index (χ3v) is 6.19. The van der Waals surface area contributed by atoms with Crippen LogP contribution in [0.4, 0.5) is 4.79 Å². The summed E-state index contributed by atoms with van der Waals surface area (Å²) in [5.41, 5.74) is 4.56. The van der Waals surface area contributed by atoms with E-state index in [2.05, 4.69) is 34.9 Å². The van der Waals surface area contributed by atoms with Gasteiger partial charge < -0.3 is 25.6 Å². The molecule has 2 unspecified atom stereocenters. The maximum Gasteiger partial charge on any atom is 0.407 e. The number of amides is 2.